The number of likely N-dealkylation sites (tertiary alicyclic amines) is 2. The van der Waals surface area contributed by atoms with Crippen LogP contribution in [0.25, 0.3) is 0 Å². The van der Waals surface area contributed by atoms with Gasteiger partial charge in [-0.2, -0.15) is 0 Å². The molecule has 0 radical (unpaired) electrons. The van der Waals surface area contributed by atoms with Crippen LogP contribution in [0.4, 0.5) is 0 Å². The summed E-state index contributed by atoms with van der Waals surface area (Å²) in [5.41, 5.74) is 0.300. The third-order valence-corrected chi connectivity index (χ3v) is 6.59. The Bertz CT molecular complexity index is 481. The summed E-state index contributed by atoms with van der Waals surface area (Å²) in [7, 11) is 0. The van der Waals surface area contributed by atoms with Crippen molar-refractivity contribution in [2.45, 2.75) is 44.9 Å². The van der Waals surface area contributed by atoms with E-state index in [9.17, 15) is 9.59 Å². The SMILES string of the molecule is O=C(C1CCCN(C(=O)C2CC23CCNCC3)C1)N1CCCC1. The van der Waals surface area contributed by atoms with Crippen molar-refractivity contribution in [2.24, 2.45) is 17.3 Å². The number of amides is 2. The molecule has 1 N–H and O–H groups in total. The van der Waals surface area contributed by atoms with Crippen LogP contribution in [0.1, 0.15) is 44.9 Å². The molecule has 0 aromatic heterocycles. The van der Waals surface area contributed by atoms with E-state index in [0.717, 1.165) is 77.7 Å². The average molecular weight is 319 g/mol. The molecule has 4 rings (SSSR count). The molecule has 0 aromatic rings. The topological polar surface area (TPSA) is 52.7 Å². The smallest absolute Gasteiger partial charge is 0.227 e. The maximum atomic E-state index is 12.9. The van der Waals surface area contributed by atoms with Gasteiger partial charge >= 0.3 is 0 Å². The minimum absolute atomic E-state index is 0.0496. The maximum Gasteiger partial charge on any atom is 0.227 e. The summed E-state index contributed by atoms with van der Waals surface area (Å²) in [5.74, 6) is 0.928. The Morgan fingerprint density at radius 3 is 2.35 bits per heavy atom. The van der Waals surface area contributed by atoms with Gasteiger partial charge < -0.3 is 15.1 Å². The second kappa shape index (κ2) is 6.08. The van der Waals surface area contributed by atoms with Crippen LogP contribution in [0, 0.1) is 17.3 Å². The monoisotopic (exact) mass is 319 g/mol. The van der Waals surface area contributed by atoms with E-state index in [1.54, 1.807) is 0 Å². The van der Waals surface area contributed by atoms with Crippen molar-refractivity contribution >= 4 is 11.8 Å². The Hall–Kier alpha value is -1.10. The quantitative estimate of drug-likeness (QED) is 0.833. The zero-order valence-electron chi connectivity index (χ0n) is 14.1. The Labute approximate surface area is 138 Å². The Morgan fingerprint density at radius 2 is 1.61 bits per heavy atom. The number of rotatable bonds is 2. The lowest BCUT2D eigenvalue weighted by Gasteiger charge is -2.35. The minimum Gasteiger partial charge on any atom is -0.342 e. The van der Waals surface area contributed by atoms with E-state index < -0.39 is 0 Å². The third kappa shape index (κ3) is 2.88. The van der Waals surface area contributed by atoms with Gasteiger partial charge in [0.1, 0.15) is 0 Å². The molecule has 3 heterocycles. The van der Waals surface area contributed by atoms with Gasteiger partial charge in [-0.15, -0.1) is 0 Å². The molecule has 2 amide bonds. The lowest BCUT2D eigenvalue weighted by molar-refractivity contribution is -0.141. The molecular weight excluding hydrogens is 290 g/mol. The first-order chi connectivity index (χ1) is 11.2. The number of hydrogen-bond donors (Lipinski definition) is 1. The van der Waals surface area contributed by atoms with Crippen molar-refractivity contribution in [1.82, 2.24) is 15.1 Å². The molecule has 5 nitrogen and oxygen atoms in total. The van der Waals surface area contributed by atoms with E-state index in [1.807, 2.05) is 9.80 Å². The number of carbonyl (C=O) groups is 2. The van der Waals surface area contributed by atoms with Gasteiger partial charge in [0.25, 0.3) is 0 Å². The maximum absolute atomic E-state index is 12.9. The average Bonchev–Trinajstić information content (AvgIpc) is 3.02. The Balaban J connectivity index is 1.36. The highest BCUT2D eigenvalue weighted by Crippen LogP contribution is 2.59. The molecular formula is C18H29N3O2. The highest BCUT2D eigenvalue weighted by molar-refractivity contribution is 5.84. The molecule has 2 unspecified atom stereocenters. The second-order valence-corrected chi connectivity index (χ2v) is 8.02. The molecule has 1 saturated carbocycles. The number of hydrogen-bond acceptors (Lipinski definition) is 3. The summed E-state index contributed by atoms with van der Waals surface area (Å²) >= 11 is 0. The van der Waals surface area contributed by atoms with E-state index in [-0.39, 0.29) is 11.8 Å². The van der Waals surface area contributed by atoms with E-state index in [2.05, 4.69) is 5.32 Å². The largest absolute Gasteiger partial charge is 0.342 e. The van der Waals surface area contributed by atoms with Crippen LogP contribution in [0.15, 0.2) is 0 Å². The summed E-state index contributed by atoms with van der Waals surface area (Å²) in [6.07, 6.45) is 7.59. The lowest BCUT2D eigenvalue weighted by Crippen LogP contribution is -2.47. The summed E-state index contributed by atoms with van der Waals surface area (Å²) in [4.78, 5) is 29.6. The van der Waals surface area contributed by atoms with Crippen molar-refractivity contribution in [3.63, 3.8) is 0 Å². The molecule has 0 aromatic carbocycles. The molecule has 1 spiro atoms. The van der Waals surface area contributed by atoms with Crippen molar-refractivity contribution in [3.05, 3.63) is 0 Å². The predicted octanol–water partition coefficient (Wildman–Crippen LogP) is 1.24. The van der Waals surface area contributed by atoms with Crippen molar-refractivity contribution in [2.75, 3.05) is 39.3 Å². The molecule has 1 aliphatic carbocycles. The van der Waals surface area contributed by atoms with Crippen molar-refractivity contribution < 1.29 is 9.59 Å². The fourth-order valence-corrected chi connectivity index (χ4v) is 4.97. The minimum atomic E-state index is 0.0496. The second-order valence-electron chi connectivity index (χ2n) is 8.02. The number of nitrogens with zero attached hydrogens (tertiary/aromatic N) is 2. The fourth-order valence-electron chi connectivity index (χ4n) is 4.97. The molecule has 3 aliphatic heterocycles. The molecule has 128 valence electrons. The molecule has 2 atom stereocenters. The predicted molar refractivity (Wildman–Crippen MR) is 87.8 cm³/mol. The Kier molecular flexibility index (Phi) is 4.08. The summed E-state index contributed by atoms with van der Waals surface area (Å²) < 4.78 is 0. The molecule has 4 fully saturated rings. The van der Waals surface area contributed by atoms with Crippen LogP contribution in [-0.2, 0) is 9.59 Å². The van der Waals surface area contributed by atoms with Crippen LogP contribution in [0.2, 0.25) is 0 Å². The molecule has 0 bridgehead atoms. The number of piperidine rings is 2. The van der Waals surface area contributed by atoms with Crippen molar-refractivity contribution in [3.8, 4) is 0 Å². The van der Waals surface area contributed by atoms with Gasteiger partial charge in [0.05, 0.1) is 5.92 Å². The Morgan fingerprint density at radius 1 is 0.913 bits per heavy atom. The van der Waals surface area contributed by atoms with Gasteiger partial charge in [-0.3, -0.25) is 9.59 Å². The van der Waals surface area contributed by atoms with E-state index >= 15 is 0 Å². The van der Waals surface area contributed by atoms with E-state index in [0.29, 0.717) is 23.8 Å². The van der Waals surface area contributed by atoms with Crippen LogP contribution in [0.5, 0.6) is 0 Å². The standard InChI is InChI=1S/C18H29N3O2/c22-16(20-9-1-2-10-20)14-4-3-11-21(13-14)17(23)15-12-18(15)5-7-19-8-6-18/h14-15,19H,1-13H2. The van der Waals surface area contributed by atoms with Gasteiger partial charge in [0.15, 0.2) is 0 Å². The molecule has 5 heteroatoms. The van der Waals surface area contributed by atoms with E-state index in [4.69, 9.17) is 0 Å². The van der Waals surface area contributed by atoms with Crippen LogP contribution in [-0.4, -0.2) is 60.9 Å². The summed E-state index contributed by atoms with van der Waals surface area (Å²) in [6.45, 7) is 5.47. The molecule has 3 saturated heterocycles. The molecule has 4 aliphatic rings. The number of nitrogens with one attached hydrogen (secondary N) is 1. The first-order valence-corrected chi connectivity index (χ1v) is 9.48. The normalized spacial score (nSPS) is 33.0. The molecule has 23 heavy (non-hydrogen) atoms. The zero-order valence-corrected chi connectivity index (χ0v) is 14.1. The number of carbonyl (C=O) groups excluding carboxylic acids is 2. The van der Waals surface area contributed by atoms with Gasteiger partial charge in [0, 0.05) is 32.1 Å². The van der Waals surface area contributed by atoms with Gasteiger partial charge in [-0.1, -0.05) is 0 Å². The third-order valence-electron chi connectivity index (χ3n) is 6.59. The first kappa shape index (κ1) is 15.4. The van der Waals surface area contributed by atoms with Crippen LogP contribution < -0.4 is 5.32 Å². The van der Waals surface area contributed by atoms with Crippen LogP contribution >= 0.6 is 0 Å². The summed E-state index contributed by atoms with van der Waals surface area (Å²) in [5, 5.41) is 3.40. The van der Waals surface area contributed by atoms with E-state index in [1.165, 1.54) is 0 Å². The van der Waals surface area contributed by atoms with Gasteiger partial charge in [0.2, 0.25) is 11.8 Å². The summed E-state index contributed by atoms with van der Waals surface area (Å²) in [6, 6.07) is 0. The highest BCUT2D eigenvalue weighted by Gasteiger charge is 2.58. The first-order valence-electron chi connectivity index (χ1n) is 9.48. The van der Waals surface area contributed by atoms with Gasteiger partial charge in [-0.05, 0) is 63.5 Å². The highest BCUT2D eigenvalue weighted by atomic mass is 16.2. The van der Waals surface area contributed by atoms with Crippen molar-refractivity contribution in [1.29, 1.82) is 0 Å². The van der Waals surface area contributed by atoms with Gasteiger partial charge in [-0.25, -0.2) is 0 Å². The zero-order chi connectivity index (χ0) is 15.9. The van der Waals surface area contributed by atoms with Crippen LogP contribution in [0.3, 0.4) is 0 Å². The lowest BCUT2D eigenvalue weighted by atomic mass is 9.90. The fraction of sp³-hybridized carbons (Fsp3) is 0.889.